The first-order valence-electron chi connectivity index (χ1n) is 16.3. The molecule has 0 saturated heterocycles. The number of nitrogen functional groups attached to an aromatic ring is 1. The Hall–Kier alpha value is -4.40. The molecule has 0 bridgehead atoms. The van der Waals surface area contributed by atoms with Crippen molar-refractivity contribution >= 4 is 28.6 Å². The minimum Gasteiger partial charge on any atom is -0.398 e. The number of fused-ring (bicyclic) bond motifs is 6. The summed E-state index contributed by atoms with van der Waals surface area (Å²) in [5.41, 5.74) is 20.0. The highest BCUT2D eigenvalue weighted by molar-refractivity contribution is 6.05. The van der Waals surface area contributed by atoms with E-state index in [1.54, 1.807) is 0 Å². The van der Waals surface area contributed by atoms with Crippen molar-refractivity contribution in [3.63, 3.8) is 0 Å². The van der Waals surface area contributed by atoms with Gasteiger partial charge in [-0.3, -0.25) is 29.8 Å². The number of benzene rings is 3. The Bertz CT molecular complexity index is 1790. The van der Waals surface area contributed by atoms with Crippen LogP contribution in [0.15, 0.2) is 18.2 Å². The minimum atomic E-state index is -0.369. The number of rotatable bonds is 2. The molecule has 3 aromatic carbocycles. The van der Waals surface area contributed by atoms with Crippen LogP contribution in [0.1, 0.15) is 115 Å². The number of hydrogen-bond acceptors (Lipinski definition) is 7. The van der Waals surface area contributed by atoms with Crippen LogP contribution in [0.2, 0.25) is 0 Å². The first-order valence-corrected chi connectivity index (χ1v) is 16.3. The lowest BCUT2D eigenvalue weighted by molar-refractivity contribution is -0.386. The van der Waals surface area contributed by atoms with Crippen molar-refractivity contribution in [2.45, 2.75) is 103 Å². The predicted molar refractivity (Wildman–Crippen MR) is 170 cm³/mol. The highest BCUT2D eigenvalue weighted by Gasteiger charge is 2.36. The van der Waals surface area contributed by atoms with E-state index in [0.717, 1.165) is 72.0 Å². The predicted octanol–water partition coefficient (Wildman–Crippen LogP) is 6.67. The topological polar surface area (TPSA) is 146 Å². The molecule has 45 heavy (non-hydrogen) atoms. The van der Waals surface area contributed by atoms with Crippen LogP contribution in [0.25, 0.3) is 0 Å². The molecule has 232 valence electrons. The van der Waals surface area contributed by atoms with E-state index in [1.807, 2.05) is 12.1 Å². The zero-order valence-electron chi connectivity index (χ0n) is 25.5. The standard InChI is InChI=1S/2C12H11NO3.C12H15N/c14-10-5-4-8-6-7-2-1-3-9(7)12(11(8)10)13(15)16;14-11-5-4-9-10(11)6-7-2-1-3-8(7)12(9)13(15)16;13-12-10-5-1-3-8(10)7-9-4-2-6-11(9)12/h2*6H,1-5H2;7H,1-6,13H2. The molecule has 0 fully saturated rings. The molecule has 3 aromatic rings. The molecule has 0 aliphatic heterocycles. The van der Waals surface area contributed by atoms with Crippen LogP contribution >= 0.6 is 0 Å². The number of nitrogens with two attached hydrogens (primary N) is 1. The Labute approximate surface area is 261 Å². The van der Waals surface area contributed by atoms with E-state index in [1.165, 1.54) is 60.8 Å². The van der Waals surface area contributed by atoms with Crippen LogP contribution in [0.3, 0.4) is 0 Å². The average molecular weight is 608 g/mol. The van der Waals surface area contributed by atoms with Gasteiger partial charge in [0.25, 0.3) is 11.4 Å². The number of anilines is 1. The Morgan fingerprint density at radius 2 is 0.956 bits per heavy atom. The molecule has 0 atom stereocenters. The summed E-state index contributed by atoms with van der Waals surface area (Å²) in [6.07, 6.45) is 14.9. The molecule has 9 heteroatoms. The molecule has 0 heterocycles. The van der Waals surface area contributed by atoms with E-state index >= 15 is 0 Å². The number of nitro groups is 2. The average Bonchev–Trinajstić information content (AvgIpc) is 3.86. The van der Waals surface area contributed by atoms with Gasteiger partial charge in [0.2, 0.25) is 0 Å². The number of carbonyl (C=O) groups excluding carboxylic acids is 2. The lowest BCUT2D eigenvalue weighted by atomic mass is 9.99. The Morgan fingerprint density at radius 1 is 0.489 bits per heavy atom. The van der Waals surface area contributed by atoms with Crippen LogP contribution in [0.5, 0.6) is 0 Å². The largest absolute Gasteiger partial charge is 0.398 e. The normalized spacial score (nSPS) is 17.8. The third-order valence-electron chi connectivity index (χ3n) is 10.6. The van der Waals surface area contributed by atoms with Crippen LogP contribution in [-0.2, 0) is 64.2 Å². The molecule has 0 spiro atoms. The number of nitro benzene ring substituents is 2. The molecule has 9 rings (SSSR count). The van der Waals surface area contributed by atoms with Crippen molar-refractivity contribution in [3.8, 4) is 0 Å². The highest BCUT2D eigenvalue weighted by atomic mass is 16.6. The third-order valence-corrected chi connectivity index (χ3v) is 10.6. The summed E-state index contributed by atoms with van der Waals surface area (Å²) in [5, 5.41) is 22.2. The van der Waals surface area contributed by atoms with Gasteiger partial charge in [0.05, 0.1) is 15.4 Å². The summed E-state index contributed by atoms with van der Waals surface area (Å²) >= 11 is 0. The van der Waals surface area contributed by atoms with Gasteiger partial charge >= 0.3 is 0 Å². The summed E-state index contributed by atoms with van der Waals surface area (Å²) in [4.78, 5) is 44.9. The zero-order valence-corrected chi connectivity index (χ0v) is 25.5. The smallest absolute Gasteiger partial charge is 0.283 e. The van der Waals surface area contributed by atoms with Gasteiger partial charge in [-0.25, -0.2) is 0 Å². The second-order valence-electron chi connectivity index (χ2n) is 13.1. The van der Waals surface area contributed by atoms with Crippen LogP contribution in [0.4, 0.5) is 17.1 Å². The summed E-state index contributed by atoms with van der Waals surface area (Å²) in [6.45, 7) is 0. The number of carbonyl (C=O) groups is 2. The summed E-state index contributed by atoms with van der Waals surface area (Å²) in [7, 11) is 0. The Kier molecular flexibility index (Phi) is 7.50. The maximum absolute atomic E-state index is 11.7. The van der Waals surface area contributed by atoms with E-state index < -0.39 is 0 Å². The molecular weight excluding hydrogens is 570 g/mol. The van der Waals surface area contributed by atoms with E-state index in [2.05, 4.69) is 6.07 Å². The third kappa shape index (κ3) is 5.02. The Morgan fingerprint density at radius 3 is 1.53 bits per heavy atom. The number of hydrogen-bond donors (Lipinski definition) is 1. The molecule has 0 unspecified atom stereocenters. The fourth-order valence-electron chi connectivity index (χ4n) is 8.59. The van der Waals surface area contributed by atoms with Crippen molar-refractivity contribution in [1.82, 2.24) is 0 Å². The van der Waals surface area contributed by atoms with Crippen molar-refractivity contribution in [2.24, 2.45) is 0 Å². The lowest BCUT2D eigenvalue weighted by Gasteiger charge is -2.10. The second kappa shape index (κ2) is 11.5. The number of ketones is 2. The van der Waals surface area contributed by atoms with Gasteiger partial charge in [-0.05, 0) is 135 Å². The van der Waals surface area contributed by atoms with Gasteiger partial charge in [0.1, 0.15) is 0 Å². The van der Waals surface area contributed by atoms with Gasteiger partial charge in [-0.1, -0.05) is 12.1 Å². The van der Waals surface area contributed by atoms with E-state index in [0.29, 0.717) is 42.4 Å². The molecule has 0 aromatic heterocycles. The minimum absolute atomic E-state index is 0.0589. The SMILES string of the molecule is Nc1c2c(cc3c1CCC3)CCC2.O=C1CCc2c1cc1c(c2[N+](=O)[O-])CCC1.O=C1CCc2cc3c(c([N+](=O)[O-])c21)CCC3. The van der Waals surface area contributed by atoms with Gasteiger partial charge in [0, 0.05) is 40.8 Å². The van der Waals surface area contributed by atoms with Gasteiger partial charge in [-0.15, -0.1) is 0 Å². The highest BCUT2D eigenvalue weighted by Crippen LogP contribution is 2.41. The molecule has 9 nitrogen and oxygen atoms in total. The molecular formula is C36H37N3O6. The fourth-order valence-corrected chi connectivity index (χ4v) is 8.59. The summed E-state index contributed by atoms with van der Waals surface area (Å²) in [6, 6.07) is 6.32. The number of aryl methyl sites for hydroxylation is 5. The molecule has 0 amide bonds. The van der Waals surface area contributed by atoms with E-state index in [-0.39, 0.29) is 32.8 Å². The number of nitrogens with zero attached hydrogens (tertiary/aromatic N) is 2. The van der Waals surface area contributed by atoms with Crippen molar-refractivity contribution in [3.05, 3.63) is 105 Å². The first kappa shape index (κ1) is 29.3. The van der Waals surface area contributed by atoms with Gasteiger partial charge in [-0.2, -0.15) is 0 Å². The fraction of sp³-hybridized carbons (Fsp3) is 0.444. The molecule has 2 N–H and O–H groups in total. The molecule has 0 saturated carbocycles. The van der Waals surface area contributed by atoms with Gasteiger partial charge < -0.3 is 5.73 Å². The van der Waals surface area contributed by atoms with Crippen LogP contribution in [0, 0.1) is 20.2 Å². The summed E-state index contributed by atoms with van der Waals surface area (Å²) < 4.78 is 0. The quantitative estimate of drug-likeness (QED) is 0.194. The van der Waals surface area contributed by atoms with Crippen LogP contribution < -0.4 is 5.73 Å². The lowest BCUT2D eigenvalue weighted by Crippen LogP contribution is -2.04. The van der Waals surface area contributed by atoms with E-state index in [4.69, 9.17) is 5.73 Å². The van der Waals surface area contributed by atoms with Crippen molar-refractivity contribution < 1.29 is 19.4 Å². The van der Waals surface area contributed by atoms with Crippen LogP contribution in [-0.4, -0.2) is 21.4 Å². The zero-order chi connectivity index (χ0) is 31.4. The van der Waals surface area contributed by atoms with E-state index in [9.17, 15) is 29.8 Å². The maximum Gasteiger partial charge on any atom is 0.283 e. The van der Waals surface area contributed by atoms with Crippen molar-refractivity contribution in [2.75, 3.05) is 5.73 Å². The Balaban J connectivity index is 0.000000109. The summed E-state index contributed by atoms with van der Waals surface area (Å²) in [5.74, 6) is 0.00389. The van der Waals surface area contributed by atoms with Crippen molar-refractivity contribution in [1.29, 1.82) is 0 Å². The molecule has 6 aliphatic carbocycles. The number of Topliss-reactive ketones (excluding diaryl/α,β-unsaturated/α-hetero) is 2. The monoisotopic (exact) mass is 607 g/mol. The molecule has 0 radical (unpaired) electrons. The first-order chi connectivity index (χ1) is 21.7. The van der Waals surface area contributed by atoms with Gasteiger partial charge in [0.15, 0.2) is 11.6 Å². The maximum atomic E-state index is 11.7. The second-order valence-corrected chi connectivity index (χ2v) is 13.1. The molecule has 6 aliphatic rings.